The van der Waals surface area contributed by atoms with Crippen LogP contribution in [0.5, 0.6) is 0 Å². The monoisotopic (exact) mass is 328 g/mol. The van der Waals surface area contributed by atoms with Gasteiger partial charge in [-0.3, -0.25) is 9.59 Å². The molecule has 1 aliphatic heterocycles. The Bertz CT molecular complexity index is 750. The van der Waals surface area contributed by atoms with Crippen LogP contribution in [0.1, 0.15) is 13.3 Å². The number of fused-ring (bicyclic) bond motifs is 1. The Hall–Kier alpha value is -2.26. The number of benzene rings is 1. The summed E-state index contributed by atoms with van der Waals surface area (Å²) in [6.45, 7) is 1.59. The Balaban J connectivity index is 1.73. The average Bonchev–Trinajstić information content (AvgIpc) is 3.20. The van der Waals surface area contributed by atoms with Crippen molar-refractivity contribution < 1.29 is 14.3 Å². The molecule has 0 amide bonds. The van der Waals surface area contributed by atoms with Crippen molar-refractivity contribution in [2.75, 3.05) is 18.6 Å². The molecular formula is C17H16N2O3S. The molecule has 1 aromatic rings. The fraction of sp³-hybridized carbons (Fsp3) is 0.353. The van der Waals surface area contributed by atoms with Gasteiger partial charge < -0.3 is 9.64 Å². The van der Waals surface area contributed by atoms with Gasteiger partial charge in [0.25, 0.3) is 0 Å². The van der Waals surface area contributed by atoms with Crippen molar-refractivity contribution in [2.45, 2.75) is 18.2 Å². The summed E-state index contributed by atoms with van der Waals surface area (Å²) in [5, 5.41) is 9.95. The van der Waals surface area contributed by atoms with Gasteiger partial charge in [0.2, 0.25) is 5.78 Å². The van der Waals surface area contributed by atoms with Gasteiger partial charge in [-0.05, 0) is 24.5 Å². The highest BCUT2D eigenvalue weighted by Gasteiger charge is 2.41. The number of carbonyl (C=O) groups excluding carboxylic acids is 2. The second-order valence-electron chi connectivity index (χ2n) is 5.77. The molecule has 0 radical (unpaired) electrons. The van der Waals surface area contributed by atoms with E-state index in [-0.39, 0.29) is 24.1 Å². The minimum absolute atomic E-state index is 0.0327. The first-order valence-electron chi connectivity index (χ1n) is 7.37. The van der Waals surface area contributed by atoms with E-state index >= 15 is 0 Å². The van der Waals surface area contributed by atoms with Gasteiger partial charge >= 0.3 is 5.97 Å². The van der Waals surface area contributed by atoms with Gasteiger partial charge in [0.15, 0.2) is 6.61 Å². The molecule has 1 aliphatic carbocycles. The highest BCUT2D eigenvalue weighted by atomic mass is 32.2. The van der Waals surface area contributed by atoms with Crippen LogP contribution in [-0.2, 0) is 14.3 Å². The molecular weight excluding hydrogens is 312 g/mol. The number of thioether (sulfide) groups is 1. The van der Waals surface area contributed by atoms with E-state index in [1.807, 2.05) is 49.2 Å². The molecule has 0 spiro atoms. The fourth-order valence-corrected chi connectivity index (χ4v) is 3.68. The van der Waals surface area contributed by atoms with Gasteiger partial charge in [-0.2, -0.15) is 5.26 Å². The normalized spacial score (nSPS) is 23.8. The lowest BCUT2D eigenvalue weighted by atomic mass is 10.2. The summed E-state index contributed by atoms with van der Waals surface area (Å²) < 4.78 is 5.05. The topological polar surface area (TPSA) is 70.4 Å². The Kier molecular flexibility index (Phi) is 4.14. The smallest absolute Gasteiger partial charge is 0.309 e. The summed E-state index contributed by atoms with van der Waals surface area (Å²) in [6.07, 6.45) is 0.813. The molecule has 2 atom stereocenters. The van der Waals surface area contributed by atoms with Crippen LogP contribution in [0.2, 0.25) is 0 Å². The summed E-state index contributed by atoms with van der Waals surface area (Å²) in [5.74, 6) is -0.564. The summed E-state index contributed by atoms with van der Waals surface area (Å²) in [5.41, 5.74) is 0.988. The van der Waals surface area contributed by atoms with Crippen LogP contribution in [-0.4, -0.2) is 25.4 Å². The number of hydrogen-bond donors (Lipinski definition) is 0. The Morgan fingerprint density at radius 1 is 1.43 bits per heavy atom. The van der Waals surface area contributed by atoms with Crippen LogP contribution in [0.4, 0.5) is 5.69 Å². The minimum Gasteiger partial charge on any atom is -0.457 e. The molecule has 1 saturated carbocycles. The molecule has 0 saturated heterocycles. The number of ether oxygens (including phenoxy) is 1. The highest BCUT2D eigenvalue weighted by Crippen LogP contribution is 2.46. The molecule has 1 fully saturated rings. The molecule has 1 aromatic carbocycles. The SMILES string of the molecule is C[C@H]1C[C@H]1C(=O)OCC(=O)/C(C#N)=C1\Sc2ccccc2N1C. The largest absolute Gasteiger partial charge is 0.457 e. The maximum Gasteiger partial charge on any atom is 0.309 e. The van der Waals surface area contributed by atoms with Crippen molar-refractivity contribution in [3.05, 3.63) is 34.9 Å². The van der Waals surface area contributed by atoms with E-state index < -0.39 is 5.78 Å². The van der Waals surface area contributed by atoms with Gasteiger partial charge in [0.1, 0.15) is 16.7 Å². The van der Waals surface area contributed by atoms with E-state index in [1.165, 1.54) is 11.8 Å². The number of nitrogens with zero attached hydrogens (tertiary/aromatic N) is 2. The standard InChI is InChI=1S/C17H16N2O3S/c1-10-7-11(10)17(21)22-9-14(20)12(8-18)16-19(2)13-5-3-4-6-15(13)23-16/h3-6,10-11H,7,9H2,1-2H3/b16-12-/t10-,11+/m0/s1. The lowest BCUT2D eigenvalue weighted by Gasteiger charge is -2.14. The zero-order chi connectivity index (χ0) is 16.6. The van der Waals surface area contributed by atoms with E-state index in [2.05, 4.69) is 0 Å². The average molecular weight is 328 g/mol. The molecule has 0 aromatic heterocycles. The quantitative estimate of drug-likeness (QED) is 0.481. The first-order chi connectivity index (χ1) is 11.0. The van der Waals surface area contributed by atoms with Gasteiger partial charge in [-0.25, -0.2) is 0 Å². The zero-order valence-electron chi connectivity index (χ0n) is 12.9. The van der Waals surface area contributed by atoms with Crippen molar-refractivity contribution in [1.82, 2.24) is 0 Å². The predicted octanol–water partition coefficient (Wildman–Crippen LogP) is 2.73. The molecule has 5 nitrogen and oxygen atoms in total. The molecule has 23 heavy (non-hydrogen) atoms. The third kappa shape index (κ3) is 2.97. The number of hydrogen-bond acceptors (Lipinski definition) is 6. The third-order valence-corrected chi connectivity index (χ3v) is 5.34. The van der Waals surface area contributed by atoms with E-state index in [1.54, 1.807) is 0 Å². The fourth-order valence-electron chi connectivity index (χ4n) is 2.52. The predicted molar refractivity (Wildman–Crippen MR) is 86.6 cm³/mol. The molecule has 2 aliphatic rings. The van der Waals surface area contributed by atoms with E-state index in [0.717, 1.165) is 17.0 Å². The second kappa shape index (κ2) is 6.09. The van der Waals surface area contributed by atoms with Crippen molar-refractivity contribution in [2.24, 2.45) is 11.8 Å². The van der Waals surface area contributed by atoms with Gasteiger partial charge in [-0.15, -0.1) is 0 Å². The van der Waals surface area contributed by atoms with Crippen molar-refractivity contribution >= 4 is 29.2 Å². The van der Waals surface area contributed by atoms with Crippen LogP contribution < -0.4 is 4.90 Å². The first kappa shape index (κ1) is 15.6. The lowest BCUT2D eigenvalue weighted by Crippen LogP contribution is -2.20. The molecule has 0 bridgehead atoms. The molecule has 3 rings (SSSR count). The summed E-state index contributed by atoms with van der Waals surface area (Å²) in [6, 6.07) is 9.66. The van der Waals surface area contributed by atoms with Gasteiger partial charge in [0.05, 0.1) is 11.6 Å². The lowest BCUT2D eigenvalue weighted by molar-refractivity contribution is -0.148. The maximum absolute atomic E-state index is 12.3. The number of carbonyl (C=O) groups is 2. The Labute approximate surface area is 138 Å². The molecule has 1 heterocycles. The molecule has 0 unspecified atom stereocenters. The first-order valence-corrected chi connectivity index (χ1v) is 8.19. The highest BCUT2D eigenvalue weighted by molar-refractivity contribution is 8.03. The summed E-state index contributed by atoms with van der Waals surface area (Å²) >= 11 is 1.38. The summed E-state index contributed by atoms with van der Waals surface area (Å²) in [4.78, 5) is 26.8. The van der Waals surface area contributed by atoms with Crippen LogP contribution >= 0.6 is 11.8 Å². The van der Waals surface area contributed by atoms with Crippen LogP contribution in [0.25, 0.3) is 0 Å². The van der Waals surface area contributed by atoms with Crippen LogP contribution in [0.3, 0.4) is 0 Å². The molecule has 118 valence electrons. The Morgan fingerprint density at radius 3 is 2.74 bits per heavy atom. The Morgan fingerprint density at radius 2 is 2.13 bits per heavy atom. The third-order valence-electron chi connectivity index (χ3n) is 4.10. The van der Waals surface area contributed by atoms with E-state index in [0.29, 0.717) is 10.9 Å². The van der Waals surface area contributed by atoms with Gasteiger partial charge in [-0.1, -0.05) is 30.8 Å². The summed E-state index contributed by atoms with van der Waals surface area (Å²) in [7, 11) is 1.82. The van der Waals surface area contributed by atoms with Crippen molar-refractivity contribution in [1.29, 1.82) is 5.26 Å². The molecule has 0 N–H and O–H groups in total. The number of esters is 1. The van der Waals surface area contributed by atoms with Crippen molar-refractivity contribution in [3.8, 4) is 6.07 Å². The van der Waals surface area contributed by atoms with E-state index in [4.69, 9.17) is 4.74 Å². The maximum atomic E-state index is 12.3. The number of Topliss-reactive ketones (excluding diaryl/α,β-unsaturated/α-hetero) is 1. The number of rotatable bonds is 4. The van der Waals surface area contributed by atoms with Crippen LogP contribution in [0.15, 0.2) is 39.8 Å². The number of para-hydroxylation sites is 1. The van der Waals surface area contributed by atoms with Gasteiger partial charge in [0, 0.05) is 11.9 Å². The number of nitriles is 1. The molecule has 6 heteroatoms. The number of ketones is 1. The van der Waals surface area contributed by atoms with Crippen molar-refractivity contribution in [3.63, 3.8) is 0 Å². The minimum atomic E-state index is -0.462. The second-order valence-corrected chi connectivity index (χ2v) is 6.80. The number of anilines is 1. The zero-order valence-corrected chi connectivity index (χ0v) is 13.7. The van der Waals surface area contributed by atoms with E-state index in [9.17, 15) is 14.9 Å². The van der Waals surface area contributed by atoms with Crippen LogP contribution in [0, 0.1) is 23.2 Å².